The summed E-state index contributed by atoms with van der Waals surface area (Å²) < 4.78 is 10.8. The van der Waals surface area contributed by atoms with Crippen LogP contribution in [-0.4, -0.2) is 14.2 Å². The predicted octanol–water partition coefficient (Wildman–Crippen LogP) is 3.56. The van der Waals surface area contributed by atoms with Crippen LogP contribution in [0.25, 0.3) is 0 Å². The minimum atomic E-state index is -0.415. The molecule has 0 heterocycles. The van der Waals surface area contributed by atoms with Gasteiger partial charge in [-0.3, -0.25) is 5.84 Å². The van der Waals surface area contributed by atoms with Crippen LogP contribution in [0.2, 0.25) is 10.0 Å². The molecule has 0 aliphatic rings. The number of benzene rings is 2. The van der Waals surface area contributed by atoms with Gasteiger partial charge in [0.1, 0.15) is 11.5 Å². The lowest BCUT2D eigenvalue weighted by Gasteiger charge is -2.23. The molecule has 0 aromatic heterocycles. The van der Waals surface area contributed by atoms with Crippen LogP contribution in [0, 0.1) is 0 Å². The highest BCUT2D eigenvalue weighted by Crippen LogP contribution is 2.40. The van der Waals surface area contributed by atoms with Gasteiger partial charge in [-0.2, -0.15) is 0 Å². The molecule has 2 rings (SSSR count). The van der Waals surface area contributed by atoms with Crippen LogP contribution in [0.4, 0.5) is 0 Å². The highest BCUT2D eigenvalue weighted by atomic mass is 35.5. The number of hydrazine groups is 1. The Balaban J connectivity index is 2.64. The van der Waals surface area contributed by atoms with E-state index in [1.807, 2.05) is 30.3 Å². The average Bonchev–Trinajstić information content (AvgIpc) is 2.52. The third kappa shape index (κ3) is 3.09. The van der Waals surface area contributed by atoms with Crippen LogP contribution in [0.5, 0.6) is 11.5 Å². The fraction of sp³-hybridized carbons (Fsp3) is 0.200. The average molecular weight is 327 g/mol. The summed E-state index contributed by atoms with van der Waals surface area (Å²) in [5.41, 5.74) is 4.25. The Morgan fingerprint density at radius 3 is 2.10 bits per heavy atom. The SMILES string of the molecule is COc1cccc(OC)c1C(NN)c1cccc(Cl)c1Cl. The van der Waals surface area contributed by atoms with Gasteiger partial charge in [0, 0.05) is 0 Å². The number of halogens is 2. The van der Waals surface area contributed by atoms with Gasteiger partial charge in [0.25, 0.3) is 0 Å². The summed E-state index contributed by atoms with van der Waals surface area (Å²) in [6.45, 7) is 0. The molecule has 2 aromatic rings. The molecule has 0 aliphatic heterocycles. The normalized spacial score (nSPS) is 12.0. The quantitative estimate of drug-likeness (QED) is 0.651. The van der Waals surface area contributed by atoms with Gasteiger partial charge in [0.15, 0.2) is 0 Å². The number of nitrogens with one attached hydrogen (secondary N) is 1. The molecule has 0 spiro atoms. The first-order chi connectivity index (χ1) is 10.1. The van der Waals surface area contributed by atoms with Gasteiger partial charge < -0.3 is 9.47 Å². The van der Waals surface area contributed by atoms with E-state index in [9.17, 15) is 0 Å². The zero-order valence-corrected chi connectivity index (χ0v) is 13.2. The van der Waals surface area contributed by atoms with Crippen molar-refractivity contribution >= 4 is 23.2 Å². The molecule has 3 N–H and O–H groups in total. The Morgan fingerprint density at radius 1 is 1.00 bits per heavy atom. The van der Waals surface area contributed by atoms with E-state index >= 15 is 0 Å². The molecule has 6 heteroatoms. The lowest BCUT2D eigenvalue weighted by molar-refractivity contribution is 0.377. The third-order valence-corrected chi connectivity index (χ3v) is 4.05. The van der Waals surface area contributed by atoms with Crippen molar-refractivity contribution in [3.63, 3.8) is 0 Å². The maximum Gasteiger partial charge on any atom is 0.127 e. The number of hydrogen-bond donors (Lipinski definition) is 2. The smallest absolute Gasteiger partial charge is 0.127 e. The monoisotopic (exact) mass is 326 g/mol. The summed E-state index contributed by atoms with van der Waals surface area (Å²) in [6.07, 6.45) is 0. The van der Waals surface area contributed by atoms with Crippen molar-refractivity contribution in [2.24, 2.45) is 5.84 Å². The molecule has 0 radical (unpaired) electrons. The van der Waals surface area contributed by atoms with E-state index in [-0.39, 0.29) is 0 Å². The van der Waals surface area contributed by atoms with Crippen molar-refractivity contribution in [1.82, 2.24) is 5.43 Å². The predicted molar refractivity (Wildman–Crippen MR) is 85.2 cm³/mol. The van der Waals surface area contributed by atoms with Crippen molar-refractivity contribution in [3.05, 3.63) is 57.6 Å². The molecule has 21 heavy (non-hydrogen) atoms. The maximum absolute atomic E-state index is 6.30. The highest BCUT2D eigenvalue weighted by molar-refractivity contribution is 6.42. The molecule has 0 aliphatic carbocycles. The van der Waals surface area contributed by atoms with Crippen LogP contribution in [0.3, 0.4) is 0 Å². The van der Waals surface area contributed by atoms with Gasteiger partial charge in [0.05, 0.1) is 35.9 Å². The van der Waals surface area contributed by atoms with Gasteiger partial charge in [0.2, 0.25) is 0 Å². The minimum absolute atomic E-state index is 0.415. The molecular formula is C15H16Cl2N2O2. The summed E-state index contributed by atoms with van der Waals surface area (Å²) in [5.74, 6) is 7.03. The first-order valence-electron chi connectivity index (χ1n) is 6.25. The molecular weight excluding hydrogens is 311 g/mol. The first kappa shape index (κ1) is 15.9. The Kier molecular flexibility index (Phi) is 5.31. The van der Waals surface area contributed by atoms with Gasteiger partial charge in [-0.15, -0.1) is 0 Å². The van der Waals surface area contributed by atoms with Gasteiger partial charge in [-0.25, -0.2) is 5.43 Å². The number of methoxy groups -OCH3 is 2. The molecule has 0 amide bonds. The molecule has 4 nitrogen and oxygen atoms in total. The molecule has 0 fully saturated rings. The number of hydrogen-bond acceptors (Lipinski definition) is 4. The second-order valence-electron chi connectivity index (χ2n) is 4.32. The Bertz CT molecular complexity index is 613. The number of ether oxygens (including phenoxy) is 2. The number of rotatable bonds is 5. The Hall–Kier alpha value is -1.46. The molecule has 1 unspecified atom stereocenters. The van der Waals surface area contributed by atoms with E-state index in [1.165, 1.54) is 0 Å². The van der Waals surface area contributed by atoms with E-state index < -0.39 is 6.04 Å². The molecule has 112 valence electrons. The maximum atomic E-state index is 6.30. The molecule has 2 aromatic carbocycles. The van der Waals surface area contributed by atoms with Gasteiger partial charge in [-0.05, 0) is 23.8 Å². The van der Waals surface area contributed by atoms with Gasteiger partial charge >= 0.3 is 0 Å². The summed E-state index contributed by atoms with van der Waals surface area (Å²) in [4.78, 5) is 0. The van der Waals surface area contributed by atoms with E-state index in [0.29, 0.717) is 21.5 Å². The lowest BCUT2D eigenvalue weighted by Crippen LogP contribution is -2.29. The van der Waals surface area contributed by atoms with E-state index in [1.54, 1.807) is 20.3 Å². The largest absolute Gasteiger partial charge is 0.496 e. The fourth-order valence-corrected chi connectivity index (χ4v) is 2.65. The van der Waals surface area contributed by atoms with Crippen LogP contribution >= 0.6 is 23.2 Å². The van der Waals surface area contributed by atoms with E-state index in [0.717, 1.165) is 11.1 Å². The van der Waals surface area contributed by atoms with Crippen LogP contribution in [0.1, 0.15) is 17.2 Å². The van der Waals surface area contributed by atoms with E-state index in [2.05, 4.69) is 5.43 Å². The minimum Gasteiger partial charge on any atom is -0.496 e. The van der Waals surface area contributed by atoms with Crippen molar-refractivity contribution in [3.8, 4) is 11.5 Å². The second kappa shape index (κ2) is 7.00. The highest BCUT2D eigenvalue weighted by Gasteiger charge is 2.24. The third-order valence-electron chi connectivity index (χ3n) is 3.21. The van der Waals surface area contributed by atoms with Crippen molar-refractivity contribution < 1.29 is 9.47 Å². The van der Waals surface area contributed by atoms with Gasteiger partial charge in [-0.1, -0.05) is 41.4 Å². The van der Waals surface area contributed by atoms with Crippen LogP contribution in [0.15, 0.2) is 36.4 Å². The Labute approximate surface area is 133 Å². The van der Waals surface area contributed by atoms with Crippen molar-refractivity contribution in [2.75, 3.05) is 14.2 Å². The topological polar surface area (TPSA) is 56.5 Å². The molecule has 1 atom stereocenters. The Morgan fingerprint density at radius 2 is 1.57 bits per heavy atom. The second-order valence-corrected chi connectivity index (χ2v) is 5.10. The fourth-order valence-electron chi connectivity index (χ4n) is 2.24. The van der Waals surface area contributed by atoms with Crippen LogP contribution < -0.4 is 20.7 Å². The zero-order valence-electron chi connectivity index (χ0n) is 11.7. The van der Waals surface area contributed by atoms with Crippen molar-refractivity contribution in [1.29, 1.82) is 0 Å². The summed E-state index contributed by atoms with van der Waals surface area (Å²) in [6, 6.07) is 10.5. The van der Waals surface area contributed by atoms with Crippen molar-refractivity contribution in [2.45, 2.75) is 6.04 Å². The molecule has 0 bridgehead atoms. The zero-order chi connectivity index (χ0) is 15.4. The number of nitrogens with two attached hydrogens (primary N) is 1. The summed E-state index contributed by atoms with van der Waals surface area (Å²) in [7, 11) is 3.18. The van der Waals surface area contributed by atoms with E-state index in [4.69, 9.17) is 38.5 Å². The van der Waals surface area contributed by atoms with Crippen LogP contribution in [-0.2, 0) is 0 Å². The molecule has 0 saturated carbocycles. The first-order valence-corrected chi connectivity index (χ1v) is 7.00. The summed E-state index contributed by atoms with van der Waals surface area (Å²) in [5, 5.41) is 0.901. The lowest BCUT2D eigenvalue weighted by atomic mass is 9.97. The molecule has 0 saturated heterocycles. The standard InChI is InChI=1S/C15H16Cl2N2O2/c1-20-11-7-4-8-12(21-2)13(11)15(19-18)9-5-3-6-10(16)14(9)17/h3-8,15,19H,18H2,1-2H3. The summed E-state index contributed by atoms with van der Waals surface area (Å²) >= 11 is 12.4.